The Morgan fingerprint density at radius 2 is 2.06 bits per heavy atom. The Morgan fingerprint density at radius 1 is 1.29 bits per heavy atom. The van der Waals surface area contributed by atoms with E-state index in [1.165, 1.54) is 0 Å². The molecule has 0 aliphatic carbocycles. The zero-order valence-electron chi connectivity index (χ0n) is 10.2. The number of carbonyl (C=O) groups is 2. The van der Waals surface area contributed by atoms with Crippen molar-refractivity contribution in [2.75, 3.05) is 13.1 Å². The van der Waals surface area contributed by atoms with Gasteiger partial charge in [0, 0.05) is 6.54 Å². The van der Waals surface area contributed by atoms with Gasteiger partial charge in [0.05, 0.1) is 6.04 Å². The van der Waals surface area contributed by atoms with E-state index < -0.39 is 12.0 Å². The molecule has 0 spiro atoms. The van der Waals surface area contributed by atoms with Crippen LogP contribution < -0.4 is 5.32 Å². The summed E-state index contributed by atoms with van der Waals surface area (Å²) in [6, 6.07) is -0.805. The van der Waals surface area contributed by atoms with Crippen molar-refractivity contribution >= 4 is 11.9 Å². The molecular formula is C12H20N2O3. The summed E-state index contributed by atoms with van der Waals surface area (Å²) in [5.74, 6) is -0.850. The molecule has 3 atom stereocenters. The van der Waals surface area contributed by atoms with Crippen LogP contribution in [0.15, 0.2) is 0 Å². The third kappa shape index (κ3) is 2.44. The average molecular weight is 240 g/mol. The minimum absolute atomic E-state index is 0.0264. The zero-order chi connectivity index (χ0) is 12.4. The van der Waals surface area contributed by atoms with Gasteiger partial charge in [0.1, 0.15) is 6.04 Å². The first kappa shape index (κ1) is 12.4. The van der Waals surface area contributed by atoms with Gasteiger partial charge in [-0.1, -0.05) is 6.92 Å². The first-order chi connectivity index (χ1) is 8.11. The predicted molar refractivity (Wildman–Crippen MR) is 62.6 cm³/mol. The summed E-state index contributed by atoms with van der Waals surface area (Å²) in [6.45, 7) is 3.36. The molecule has 0 aromatic carbocycles. The molecule has 0 bridgehead atoms. The maximum absolute atomic E-state index is 12.3. The van der Waals surface area contributed by atoms with Gasteiger partial charge in [-0.2, -0.15) is 0 Å². The summed E-state index contributed by atoms with van der Waals surface area (Å²) in [4.78, 5) is 25.1. The highest BCUT2D eigenvalue weighted by Crippen LogP contribution is 2.25. The van der Waals surface area contributed by atoms with E-state index in [-0.39, 0.29) is 17.9 Å². The second kappa shape index (κ2) is 5.04. The zero-order valence-corrected chi connectivity index (χ0v) is 10.2. The Hall–Kier alpha value is -1.10. The van der Waals surface area contributed by atoms with Crippen LogP contribution in [0, 0.1) is 5.92 Å². The van der Waals surface area contributed by atoms with Crippen LogP contribution in [0.2, 0.25) is 0 Å². The standard InChI is InChI=1S/C12H20N2O3/c1-8-4-3-7-14(10(8)12(16)17)11(15)9-5-2-6-13-9/h8-10,13H,2-7H2,1H3,(H,16,17). The van der Waals surface area contributed by atoms with Crippen molar-refractivity contribution in [3.8, 4) is 0 Å². The number of rotatable bonds is 2. The molecule has 5 nitrogen and oxygen atoms in total. The summed E-state index contributed by atoms with van der Waals surface area (Å²) in [5, 5.41) is 12.4. The third-order valence-electron chi connectivity index (χ3n) is 3.83. The molecule has 3 unspecified atom stereocenters. The van der Waals surface area contributed by atoms with E-state index in [0.29, 0.717) is 6.54 Å². The summed E-state index contributed by atoms with van der Waals surface area (Å²) in [6.07, 6.45) is 3.62. The van der Waals surface area contributed by atoms with E-state index in [2.05, 4.69) is 5.32 Å². The van der Waals surface area contributed by atoms with Crippen LogP contribution in [-0.2, 0) is 9.59 Å². The smallest absolute Gasteiger partial charge is 0.326 e. The third-order valence-corrected chi connectivity index (χ3v) is 3.83. The van der Waals surface area contributed by atoms with Gasteiger partial charge < -0.3 is 15.3 Å². The van der Waals surface area contributed by atoms with E-state index in [1.807, 2.05) is 6.92 Å². The van der Waals surface area contributed by atoms with E-state index >= 15 is 0 Å². The summed E-state index contributed by atoms with van der Waals surface area (Å²) in [5.41, 5.74) is 0. The minimum atomic E-state index is -0.872. The molecule has 0 radical (unpaired) electrons. The van der Waals surface area contributed by atoms with Gasteiger partial charge in [-0.25, -0.2) is 4.79 Å². The molecular weight excluding hydrogens is 220 g/mol. The predicted octanol–water partition coefficient (Wildman–Crippen LogP) is 0.450. The molecule has 2 rings (SSSR count). The van der Waals surface area contributed by atoms with E-state index in [4.69, 9.17) is 0 Å². The fourth-order valence-corrected chi connectivity index (χ4v) is 2.91. The summed E-state index contributed by atoms with van der Waals surface area (Å²) in [7, 11) is 0. The van der Waals surface area contributed by atoms with Gasteiger partial charge in [-0.3, -0.25) is 4.79 Å². The van der Waals surface area contributed by atoms with Crippen molar-refractivity contribution in [2.45, 2.75) is 44.7 Å². The van der Waals surface area contributed by atoms with Crippen LogP contribution in [0.25, 0.3) is 0 Å². The summed E-state index contributed by atoms with van der Waals surface area (Å²) >= 11 is 0. The number of carboxylic acids is 1. The van der Waals surface area contributed by atoms with E-state index in [9.17, 15) is 14.7 Å². The lowest BCUT2D eigenvalue weighted by molar-refractivity contribution is -0.155. The molecule has 1 amide bonds. The van der Waals surface area contributed by atoms with Crippen molar-refractivity contribution in [3.05, 3.63) is 0 Å². The minimum Gasteiger partial charge on any atom is -0.480 e. The highest BCUT2D eigenvalue weighted by atomic mass is 16.4. The first-order valence-corrected chi connectivity index (χ1v) is 6.38. The Balaban J connectivity index is 2.10. The van der Waals surface area contributed by atoms with Gasteiger partial charge in [0.25, 0.3) is 0 Å². The van der Waals surface area contributed by atoms with E-state index in [0.717, 1.165) is 32.2 Å². The van der Waals surface area contributed by atoms with Gasteiger partial charge in [0.2, 0.25) is 5.91 Å². The number of aliphatic carboxylic acids is 1. The van der Waals surface area contributed by atoms with Crippen molar-refractivity contribution in [2.24, 2.45) is 5.92 Å². The number of nitrogens with zero attached hydrogens (tertiary/aromatic N) is 1. The van der Waals surface area contributed by atoms with Crippen LogP contribution in [0.3, 0.4) is 0 Å². The van der Waals surface area contributed by atoms with Crippen molar-refractivity contribution in [1.82, 2.24) is 10.2 Å². The second-order valence-electron chi connectivity index (χ2n) is 5.08. The molecule has 5 heteroatoms. The van der Waals surface area contributed by atoms with Crippen LogP contribution in [-0.4, -0.2) is 47.1 Å². The average Bonchev–Trinajstić information content (AvgIpc) is 2.80. The fourth-order valence-electron chi connectivity index (χ4n) is 2.91. The van der Waals surface area contributed by atoms with Crippen LogP contribution in [0.5, 0.6) is 0 Å². The Labute approximate surface area is 101 Å². The largest absolute Gasteiger partial charge is 0.480 e. The lowest BCUT2D eigenvalue weighted by Gasteiger charge is -2.38. The molecule has 0 saturated carbocycles. The van der Waals surface area contributed by atoms with Crippen molar-refractivity contribution < 1.29 is 14.7 Å². The maximum Gasteiger partial charge on any atom is 0.326 e. The first-order valence-electron chi connectivity index (χ1n) is 6.38. The Morgan fingerprint density at radius 3 is 2.65 bits per heavy atom. The lowest BCUT2D eigenvalue weighted by atomic mass is 9.90. The van der Waals surface area contributed by atoms with Gasteiger partial charge >= 0.3 is 5.97 Å². The number of carbonyl (C=O) groups excluding carboxylic acids is 1. The van der Waals surface area contributed by atoms with Crippen LogP contribution in [0.1, 0.15) is 32.6 Å². The molecule has 2 N–H and O–H groups in total. The Bertz CT molecular complexity index is 313. The maximum atomic E-state index is 12.3. The van der Waals surface area contributed by atoms with Crippen LogP contribution >= 0.6 is 0 Å². The highest BCUT2D eigenvalue weighted by Gasteiger charge is 2.39. The molecule has 17 heavy (non-hydrogen) atoms. The van der Waals surface area contributed by atoms with Crippen molar-refractivity contribution in [1.29, 1.82) is 0 Å². The molecule has 2 heterocycles. The molecule has 0 aromatic rings. The Kier molecular flexibility index (Phi) is 3.66. The number of piperidine rings is 1. The van der Waals surface area contributed by atoms with Crippen molar-refractivity contribution in [3.63, 3.8) is 0 Å². The molecule has 2 aliphatic heterocycles. The quantitative estimate of drug-likeness (QED) is 0.735. The molecule has 2 aliphatic rings. The number of amides is 1. The SMILES string of the molecule is CC1CCCN(C(=O)C2CCCN2)C1C(=O)O. The number of carboxylic acid groups (broad SMARTS) is 1. The molecule has 2 saturated heterocycles. The fraction of sp³-hybridized carbons (Fsp3) is 0.833. The number of hydrogen-bond acceptors (Lipinski definition) is 3. The molecule has 96 valence electrons. The summed E-state index contributed by atoms with van der Waals surface area (Å²) < 4.78 is 0. The van der Waals surface area contributed by atoms with E-state index in [1.54, 1.807) is 4.90 Å². The number of likely N-dealkylation sites (tertiary alicyclic amines) is 1. The second-order valence-corrected chi connectivity index (χ2v) is 5.08. The van der Waals surface area contributed by atoms with Gasteiger partial charge in [-0.15, -0.1) is 0 Å². The molecule has 2 fully saturated rings. The normalized spacial score (nSPS) is 33.7. The van der Waals surface area contributed by atoms with Gasteiger partial charge in [0.15, 0.2) is 0 Å². The lowest BCUT2D eigenvalue weighted by Crippen LogP contribution is -2.56. The number of hydrogen-bond donors (Lipinski definition) is 2. The van der Waals surface area contributed by atoms with Gasteiger partial charge in [-0.05, 0) is 38.1 Å². The topological polar surface area (TPSA) is 69.6 Å². The van der Waals surface area contributed by atoms with Crippen LogP contribution in [0.4, 0.5) is 0 Å². The monoisotopic (exact) mass is 240 g/mol. The highest BCUT2D eigenvalue weighted by molar-refractivity contribution is 5.87. The number of nitrogens with one attached hydrogen (secondary N) is 1. The molecule has 0 aromatic heterocycles.